The van der Waals surface area contributed by atoms with E-state index in [9.17, 15) is 4.79 Å². The van der Waals surface area contributed by atoms with E-state index in [2.05, 4.69) is 4.90 Å². The topological polar surface area (TPSA) is 20.3 Å². The van der Waals surface area contributed by atoms with Crippen LogP contribution < -0.4 is 0 Å². The van der Waals surface area contributed by atoms with Crippen LogP contribution >= 0.6 is 11.6 Å². The van der Waals surface area contributed by atoms with Crippen molar-refractivity contribution in [1.82, 2.24) is 4.90 Å². The first-order chi connectivity index (χ1) is 10.3. The zero-order chi connectivity index (χ0) is 14.4. The molecule has 4 bridgehead atoms. The van der Waals surface area contributed by atoms with Gasteiger partial charge in [0.2, 0.25) is 5.91 Å². The second kappa shape index (κ2) is 5.76. The van der Waals surface area contributed by atoms with E-state index in [1.54, 1.807) is 0 Å². The third kappa shape index (κ3) is 2.52. The summed E-state index contributed by atoms with van der Waals surface area (Å²) >= 11 is 5.85. The lowest BCUT2D eigenvalue weighted by Gasteiger charge is -2.54. The Balaban J connectivity index is 1.47. The molecule has 1 aliphatic heterocycles. The number of alkyl halides is 1. The largest absolute Gasteiger partial charge is 0.339 e. The fourth-order valence-electron chi connectivity index (χ4n) is 6.26. The molecule has 21 heavy (non-hydrogen) atoms. The molecule has 0 radical (unpaired) electrons. The van der Waals surface area contributed by atoms with Crippen molar-refractivity contribution in [3.05, 3.63) is 0 Å². The minimum absolute atomic E-state index is 0.384. The number of halogens is 1. The molecule has 1 saturated heterocycles. The third-order valence-corrected chi connectivity index (χ3v) is 7.11. The van der Waals surface area contributed by atoms with Gasteiger partial charge in [0.25, 0.3) is 0 Å². The van der Waals surface area contributed by atoms with E-state index in [-0.39, 0.29) is 0 Å². The van der Waals surface area contributed by atoms with Gasteiger partial charge in [0.15, 0.2) is 0 Å². The average Bonchev–Trinajstić information content (AvgIpc) is 2.92. The molecule has 4 aliphatic carbocycles. The highest BCUT2D eigenvalue weighted by atomic mass is 35.5. The van der Waals surface area contributed by atoms with Crippen LogP contribution in [0.25, 0.3) is 0 Å². The van der Waals surface area contributed by atoms with Gasteiger partial charge in [-0.2, -0.15) is 0 Å². The van der Waals surface area contributed by atoms with E-state index >= 15 is 0 Å². The van der Waals surface area contributed by atoms with Crippen LogP contribution in [0.2, 0.25) is 0 Å². The molecule has 5 aliphatic rings. The van der Waals surface area contributed by atoms with Gasteiger partial charge in [-0.1, -0.05) is 0 Å². The molecule has 118 valence electrons. The molecule has 4 saturated carbocycles. The molecule has 5 rings (SSSR count). The molecule has 1 amide bonds. The Morgan fingerprint density at radius 1 is 1.05 bits per heavy atom. The maximum Gasteiger partial charge on any atom is 0.226 e. The quantitative estimate of drug-likeness (QED) is 0.717. The molecular weight excluding hydrogens is 282 g/mol. The first-order valence-corrected chi connectivity index (χ1v) is 9.66. The van der Waals surface area contributed by atoms with Crippen molar-refractivity contribution < 1.29 is 4.79 Å². The number of hydrogen-bond donors (Lipinski definition) is 0. The fraction of sp³-hybridized carbons (Fsp3) is 0.944. The Morgan fingerprint density at radius 3 is 2.33 bits per heavy atom. The molecule has 0 aromatic heterocycles. The fourth-order valence-corrected chi connectivity index (χ4v) is 6.41. The summed E-state index contributed by atoms with van der Waals surface area (Å²) in [5.41, 5.74) is 0. The van der Waals surface area contributed by atoms with Crippen LogP contribution in [-0.4, -0.2) is 29.3 Å². The highest BCUT2D eigenvalue weighted by molar-refractivity contribution is 6.17. The van der Waals surface area contributed by atoms with E-state index in [0.29, 0.717) is 17.9 Å². The summed E-state index contributed by atoms with van der Waals surface area (Å²) in [6.45, 7) is 1.01. The first kappa shape index (κ1) is 14.4. The Bertz CT molecular complexity index is 382. The van der Waals surface area contributed by atoms with Gasteiger partial charge >= 0.3 is 0 Å². The summed E-state index contributed by atoms with van der Waals surface area (Å²) in [5, 5.41) is 0. The number of nitrogens with zero attached hydrogens (tertiary/aromatic N) is 1. The van der Waals surface area contributed by atoms with Crippen molar-refractivity contribution in [3.63, 3.8) is 0 Å². The number of rotatable bonds is 4. The summed E-state index contributed by atoms with van der Waals surface area (Å²) in [5.74, 6) is 5.02. The van der Waals surface area contributed by atoms with Crippen LogP contribution in [0.3, 0.4) is 0 Å². The predicted octanol–water partition coefficient (Wildman–Crippen LogP) is 4.07. The smallest absolute Gasteiger partial charge is 0.226 e. The van der Waals surface area contributed by atoms with Crippen LogP contribution in [-0.2, 0) is 4.79 Å². The Labute approximate surface area is 133 Å². The van der Waals surface area contributed by atoms with Crippen molar-refractivity contribution in [2.45, 2.75) is 63.8 Å². The standard InChI is InChI=1S/C18H28ClNO/c19-5-1-3-16-4-2-6-20(16)18(21)17-14-8-12-7-13(10-14)11-15(17)9-12/h12-17H,1-11H2. The van der Waals surface area contributed by atoms with Crippen LogP contribution in [0.5, 0.6) is 0 Å². The van der Waals surface area contributed by atoms with E-state index < -0.39 is 0 Å². The highest BCUT2D eigenvalue weighted by Gasteiger charge is 2.52. The number of hydrogen-bond acceptors (Lipinski definition) is 1. The normalized spacial score (nSPS) is 44.5. The number of amides is 1. The average molecular weight is 310 g/mol. The van der Waals surface area contributed by atoms with E-state index in [1.165, 1.54) is 44.9 Å². The van der Waals surface area contributed by atoms with Crippen LogP contribution in [0, 0.1) is 29.6 Å². The molecule has 1 heterocycles. The van der Waals surface area contributed by atoms with Gasteiger partial charge in [-0.3, -0.25) is 4.79 Å². The minimum Gasteiger partial charge on any atom is -0.339 e. The van der Waals surface area contributed by atoms with E-state index in [4.69, 9.17) is 11.6 Å². The van der Waals surface area contributed by atoms with Crippen LogP contribution in [0.15, 0.2) is 0 Å². The van der Waals surface area contributed by atoms with Gasteiger partial charge in [-0.15, -0.1) is 11.6 Å². The van der Waals surface area contributed by atoms with Gasteiger partial charge in [0.05, 0.1) is 0 Å². The maximum atomic E-state index is 13.2. The number of likely N-dealkylation sites (tertiary alicyclic amines) is 1. The van der Waals surface area contributed by atoms with Crippen LogP contribution in [0.1, 0.15) is 57.8 Å². The van der Waals surface area contributed by atoms with Crippen molar-refractivity contribution >= 4 is 17.5 Å². The molecule has 0 aromatic carbocycles. The van der Waals surface area contributed by atoms with E-state index in [0.717, 1.165) is 48.9 Å². The van der Waals surface area contributed by atoms with Gasteiger partial charge in [-0.25, -0.2) is 0 Å². The molecule has 1 atom stereocenters. The van der Waals surface area contributed by atoms with E-state index in [1.807, 2.05) is 0 Å². The Hall–Kier alpha value is -0.240. The summed E-state index contributed by atoms with van der Waals surface area (Å²) in [6, 6.07) is 0.494. The predicted molar refractivity (Wildman–Crippen MR) is 85.2 cm³/mol. The number of carbonyl (C=O) groups excluding carboxylic acids is 1. The summed E-state index contributed by atoms with van der Waals surface area (Å²) < 4.78 is 0. The maximum absolute atomic E-state index is 13.2. The Morgan fingerprint density at radius 2 is 1.71 bits per heavy atom. The summed E-state index contributed by atoms with van der Waals surface area (Å²) in [4.78, 5) is 15.5. The first-order valence-electron chi connectivity index (χ1n) is 9.12. The summed E-state index contributed by atoms with van der Waals surface area (Å²) in [6.07, 6.45) is 11.4. The molecule has 3 heteroatoms. The lowest BCUT2D eigenvalue weighted by atomic mass is 9.51. The minimum atomic E-state index is 0.384. The van der Waals surface area contributed by atoms with Gasteiger partial charge in [-0.05, 0) is 81.5 Å². The monoisotopic (exact) mass is 309 g/mol. The van der Waals surface area contributed by atoms with Crippen molar-refractivity contribution in [2.24, 2.45) is 29.6 Å². The number of carbonyl (C=O) groups is 1. The Kier molecular flexibility index (Phi) is 3.94. The lowest BCUT2D eigenvalue weighted by Crippen LogP contribution is -2.52. The molecular formula is C18H28ClNO. The zero-order valence-electron chi connectivity index (χ0n) is 13.0. The SMILES string of the molecule is O=C(C1C2CC3CC(C2)CC1C3)N1CCCC1CCCCl. The summed E-state index contributed by atoms with van der Waals surface area (Å²) in [7, 11) is 0. The van der Waals surface area contributed by atoms with Gasteiger partial charge < -0.3 is 4.90 Å². The van der Waals surface area contributed by atoms with Crippen molar-refractivity contribution in [1.29, 1.82) is 0 Å². The molecule has 1 unspecified atom stereocenters. The molecule has 0 N–H and O–H groups in total. The highest BCUT2D eigenvalue weighted by Crippen LogP contribution is 2.57. The molecule has 5 fully saturated rings. The van der Waals surface area contributed by atoms with Crippen LogP contribution in [0.4, 0.5) is 0 Å². The molecule has 0 aromatic rings. The molecule has 2 nitrogen and oxygen atoms in total. The second-order valence-corrected chi connectivity index (χ2v) is 8.49. The zero-order valence-corrected chi connectivity index (χ0v) is 13.7. The van der Waals surface area contributed by atoms with Gasteiger partial charge in [0, 0.05) is 24.4 Å². The lowest BCUT2D eigenvalue weighted by molar-refractivity contribution is -0.150. The third-order valence-electron chi connectivity index (χ3n) is 6.84. The van der Waals surface area contributed by atoms with Crippen molar-refractivity contribution in [3.8, 4) is 0 Å². The second-order valence-electron chi connectivity index (χ2n) is 8.12. The van der Waals surface area contributed by atoms with Gasteiger partial charge in [0.1, 0.15) is 0 Å². The van der Waals surface area contributed by atoms with Crippen molar-refractivity contribution in [2.75, 3.05) is 12.4 Å². The molecule has 0 spiro atoms.